The molecule has 1 heteroatoms. The number of likely N-dealkylation sites (N-methyl/N-ethyl adjacent to an activating group) is 1. The van der Waals surface area contributed by atoms with Gasteiger partial charge >= 0.3 is 0 Å². The van der Waals surface area contributed by atoms with Crippen molar-refractivity contribution in [2.75, 3.05) is 20.1 Å². The second kappa shape index (κ2) is 3.90. The molecular weight excluding hydrogens is 146 g/mol. The molecule has 0 aliphatic carbocycles. The highest BCUT2D eigenvalue weighted by Crippen LogP contribution is 2.24. The molecule has 1 heterocycles. The topological polar surface area (TPSA) is 3.24 Å². The van der Waals surface area contributed by atoms with Crippen molar-refractivity contribution >= 4 is 0 Å². The van der Waals surface area contributed by atoms with Crippen LogP contribution in [0.2, 0.25) is 0 Å². The highest BCUT2D eigenvalue weighted by Gasteiger charge is 2.18. The molecule has 0 aromatic carbocycles. The lowest BCUT2D eigenvalue weighted by atomic mass is 10.0. The lowest BCUT2D eigenvalue weighted by molar-refractivity contribution is 0.436. The van der Waals surface area contributed by atoms with Crippen molar-refractivity contribution in [3.05, 3.63) is 22.8 Å². The maximum Gasteiger partial charge on any atom is 0.0236 e. The van der Waals surface area contributed by atoms with Crippen LogP contribution in [0.4, 0.5) is 0 Å². The number of nitrogens with zero attached hydrogens (tertiary/aromatic N) is 1. The first-order valence-corrected chi connectivity index (χ1v) is 4.71. The van der Waals surface area contributed by atoms with Crippen LogP contribution in [0.3, 0.4) is 0 Å². The molecular formula is C11H19N. The first-order chi connectivity index (χ1) is 5.69. The first kappa shape index (κ1) is 9.53. The molecule has 1 fully saturated rings. The van der Waals surface area contributed by atoms with Gasteiger partial charge in [0.15, 0.2) is 0 Å². The lowest BCUT2D eigenvalue weighted by Gasteiger charge is -2.04. The quantitative estimate of drug-likeness (QED) is 0.577. The monoisotopic (exact) mass is 165 g/mol. The van der Waals surface area contributed by atoms with Gasteiger partial charge in [-0.3, -0.25) is 4.90 Å². The molecule has 1 rings (SSSR count). The number of allylic oxidation sites excluding steroid dienone is 2. The summed E-state index contributed by atoms with van der Waals surface area (Å²) in [4.78, 5) is 2.36. The highest BCUT2D eigenvalue weighted by atomic mass is 15.1. The van der Waals surface area contributed by atoms with Gasteiger partial charge in [-0.2, -0.15) is 0 Å². The van der Waals surface area contributed by atoms with Gasteiger partial charge in [-0.1, -0.05) is 18.6 Å². The van der Waals surface area contributed by atoms with Crippen molar-refractivity contribution < 1.29 is 0 Å². The SMILES string of the molecule is C/C=C1/CN(C)C/C1=C(/C)CC. The molecule has 0 saturated carbocycles. The van der Waals surface area contributed by atoms with E-state index in [1.54, 1.807) is 11.1 Å². The maximum atomic E-state index is 2.36. The Labute approximate surface area is 75.8 Å². The first-order valence-electron chi connectivity index (χ1n) is 4.71. The third-order valence-electron chi connectivity index (χ3n) is 2.65. The van der Waals surface area contributed by atoms with E-state index in [1.165, 1.54) is 12.0 Å². The summed E-state index contributed by atoms with van der Waals surface area (Å²) >= 11 is 0. The van der Waals surface area contributed by atoms with Gasteiger partial charge in [0, 0.05) is 13.1 Å². The molecule has 0 atom stereocenters. The van der Waals surface area contributed by atoms with E-state index in [0.29, 0.717) is 0 Å². The molecule has 0 spiro atoms. The minimum atomic E-state index is 1.13. The average molecular weight is 165 g/mol. The van der Waals surface area contributed by atoms with Gasteiger partial charge < -0.3 is 0 Å². The Hall–Kier alpha value is -0.560. The van der Waals surface area contributed by atoms with Crippen LogP contribution < -0.4 is 0 Å². The minimum absolute atomic E-state index is 1.13. The van der Waals surface area contributed by atoms with Gasteiger partial charge in [0.05, 0.1) is 0 Å². The maximum absolute atomic E-state index is 2.36. The van der Waals surface area contributed by atoms with E-state index < -0.39 is 0 Å². The summed E-state index contributed by atoms with van der Waals surface area (Å²) in [6, 6.07) is 0. The molecule has 0 N–H and O–H groups in total. The molecule has 0 amide bonds. The van der Waals surface area contributed by atoms with Gasteiger partial charge in [-0.25, -0.2) is 0 Å². The molecule has 1 nitrogen and oxygen atoms in total. The molecule has 1 aliphatic rings. The van der Waals surface area contributed by atoms with Crippen molar-refractivity contribution in [1.29, 1.82) is 0 Å². The predicted molar refractivity (Wildman–Crippen MR) is 54.2 cm³/mol. The van der Waals surface area contributed by atoms with Gasteiger partial charge in [0.1, 0.15) is 0 Å². The summed E-state index contributed by atoms with van der Waals surface area (Å²) < 4.78 is 0. The summed E-state index contributed by atoms with van der Waals surface area (Å²) in [6.45, 7) is 8.88. The third kappa shape index (κ3) is 1.78. The number of likely N-dealkylation sites (tertiary alicyclic amines) is 1. The smallest absolute Gasteiger partial charge is 0.0236 e. The molecule has 68 valence electrons. The summed E-state index contributed by atoms with van der Waals surface area (Å²) in [5.74, 6) is 0. The zero-order valence-electron chi connectivity index (χ0n) is 8.65. The summed E-state index contributed by atoms with van der Waals surface area (Å²) in [7, 11) is 2.18. The largest absolute Gasteiger partial charge is 0.298 e. The van der Waals surface area contributed by atoms with Crippen LogP contribution in [-0.4, -0.2) is 25.0 Å². The number of hydrogen-bond donors (Lipinski definition) is 0. The highest BCUT2D eigenvalue weighted by molar-refractivity contribution is 5.40. The van der Waals surface area contributed by atoms with Crippen molar-refractivity contribution in [3.63, 3.8) is 0 Å². The third-order valence-corrected chi connectivity index (χ3v) is 2.65. The minimum Gasteiger partial charge on any atom is -0.298 e. The van der Waals surface area contributed by atoms with Crippen LogP contribution in [0.15, 0.2) is 22.8 Å². The fourth-order valence-corrected chi connectivity index (χ4v) is 1.70. The van der Waals surface area contributed by atoms with E-state index in [-0.39, 0.29) is 0 Å². The van der Waals surface area contributed by atoms with Crippen LogP contribution in [0.25, 0.3) is 0 Å². The van der Waals surface area contributed by atoms with Gasteiger partial charge in [-0.05, 0) is 38.5 Å². The Bertz CT molecular complexity index is 220. The molecule has 1 aliphatic heterocycles. The average Bonchev–Trinajstić information content (AvgIpc) is 2.45. The molecule has 0 unspecified atom stereocenters. The van der Waals surface area contributed by atoms with E-state index in [0.717, 1.165) is 13.1 Å². The van der Waals surface area contributed by atoms with Crippen LogP contribution in [0.1, 0.15) is 27.2 Å². The second-order valence-electron chi connectivity index (χ2n) is 3.60. The Morgan fingerprint density at radius 3 is 2.67 bits per heavy atom. The molecule has 0 bridgehead atoms. The Morgan fingerprint density at radius 2 is 2.17 bits per heavy atom. The van der Waals surface area contributed by atoms with E-state index in [9.17, 15) is 0 Å². The van der Waals surface area contributed by atoms with E-state index in [2.05, 4.69) is 38.8 Å². The number of rotatable bonds is 1. The molecule has 0 aromatic heterocycles. The zero-order chi connectivity index (χ0) is 9.14. The van der Waals surface area contributed by atoms with Crippen molar-refractivity contribution in [3.8, 4) is 0 Å². The summed E-state index contributed by atoms with van der Waals surface area (Å²) in [5.41, 5.74) is 4.65. The van der Waals surface area contributed by atoms with Gasteiger partial charge in [0.2, 0.25) is 0 Å². The molecule has 0 radical (unpaired) electrons. The van der Waals surface area contributed by atoms with Gasteiger partial charge in [-0.15, -0.1) is 0 Å². The Balaban J connectivity index is 2.91. The fraction of sp³-hybridized carbons (Fsp3) is 0.636. The predicted octanol–water partition coefficient (Wildman–Crippen LogP) is 2.60. The van der Waals surface area contributed by atoms with Crippen LogP contribution >= 0.6 is 0 Å². The van der Waals surface area contributed by atoms with Crippen LogP contribution in [-0.2, 0) is 0 Å². The van der Waals surface area contributed by atoms with Crippen molar-refractivity contribution in [2.24, 2.45) is 0 Å². The standard InChI is InChI=1S/C11H19N/c1-5-9(3)11-8-12(4)7-10(11)6-2/h6H,5,7-8H2,1-4H3/b10-6-,11-9+. The van der Waals surface area contributed by atoms with Crippen molar-refractivity contribution in [2.45, 2.75) is 27.2 Å². The van der Waals surface area contributed by atoms with E-state index in [4.69, 9.17) is 0 Å². The van der Waals surface area contributed by atoms with E-state index >= 15 is 0 Å². The number of hydrogen-bond acceptors (Lipinski definition) is 1. The van der Waals surface area contributed by atoms with Crippen LogP contribution in [0.5, 0.6) is 0 Å². The molecule has 12 heavy (non-hydrogen) atoms. The van der Waals surface area contributed by atoms with Crippen LogP contribution in [0, 0.1) is 0 Å². The Morgan fingerprint density at radius 1 is 1.50 bits per heavy atom. The zero-order valence-corrected chi connectivity index (χ0v) is 8.65. The Kier molecular flexibility index (Phi) is 3.10. The summed E-state index contributed by atoms with van der Waals surface area (Å²) in [6.07, 6.45) is 3.43. The fourth-order valence-electron chi connectivity index (χ4n) is 1.70. The second-order valence-corrected chi connectivity index (χ2v) is 3.60. The van der Waals surface area contributed by atoms with Gasteiger partial charge in [0.25, 0.3) is 0 Å². The molecule has 0 aromatic rings. The lowest BCUT2D eigenvalue weighted by Crippen LogP contribution is -2.11. The molecule has 1 saturated heterocycles. The van der Waals surface area contributed by atoms with E-state index in [1.807, 2.05) is 0 Å². The van der Waals surface area contributed by atoms with Crippen molar-refractivity contribution in [1.82, 2.24) is 4.90 Å². The normalized spacial score (nSPS) is 26.8. The summed E-state index contributed by atoms with van der Waals surface area (Å²) in [5, 5.41) is 0.